The van der Waals surface area contributed by atoms with Gasteiger partial charge in [-0.25, -0.2) is 14.6 Å². The smallest absolute Gasteiger partial charge is 0.165 e. The fraction of sp³-hybridized carbons (Fsp3) is 0.500. The van der Waals surface area contributed by atoms with Crippen LogP contribution in [0.1, 0.15) is 19.1 Å². The van der Waals surface area contributed by atoms with E-state index in [2.05, 4.69) is 20.4 Å². The molecule has 3 heterocycles. The molecular formula is C10H13N5O. The molecule has 1 atom stereocenters. The molecule has 0 amide bonds. The molecule has 0 saturated carbocycles. The fourth-order valence-corrected chi connectivity index (χ4v) is 2.03. The molecule has 0 spiro atoms. The van der Waals surface area contributed by atoms with E-state index in [9.17, 15) is 0 Å². The molecule has 6 nitrogen and oxygen atoms in total. The van der Waals surface area contributed by atoms with Gasteiger partial charge in [0, 0.05) is 13.7 Å². The number of anilines is 1. The molecule has 0 aliphatic carbocycles. The Morgan fingerprint density at radius 1 is 1.50 bits per heavy atom. The summed E-state index contributed by atoms with van der Waals surface area (Å²) in [5.74, 6) is 0.800. The highest BCUT2D eigenvalue weighted by Crippen LogP contribution is 2.27. The number of nitrogens with one attached hydrogen (secondary N) is 1. The molecule has 0 bridgehead atoms. The number of hydrogen-bond donors (Lipinski definition) is 1. The molecule has 2 aromatic rings. The van der Waals surface area contributed by atoms with E-state index in [1.807, 2.05) is 11.7 Å². The Labute approximate surface area is 92.6 Å². The van der Waals surface area contributed by atoms with Crippen LogP contribution >= 0.6 is 0 Å². The van der Waals surface area contributed by atoms with Crippen LogP contribution in [0.3, 0.4) is 0 Å². The number of aromatic nitrogens is 4. The Balaban J connectivity index is 2.12. The van der Waals surface area contributed by atoms with Crippen LogP contribution < -0.4 is 5.32 Å². The van der Waals surface area contributed by atoms with Gasteiger partial charge in [-0.05, 0) is 12.8 Å². The van der Waals surface area contributed by atoms with E-state index in [1.54, 1.807) is 12.5 Å². The van der Waals surface area contributed by atoms with Crippen LogP contribution in [0, 0.1) is 0 Å². The molecule has 3 rings (SSSR count). The molecule has 6 heteroatoms. The summed E-state index contributed by atoms with van der Waals surface area (Å²) in [6, 6.07) is 0. The van der Waals surface area contributed by atoms with Crippen molar-refractivity contribution in [2.45, 2.75) is 19.1 Å². The van der Waals surface area contributed by atoms with E-state index >= 15 is 0 Å². The average Bonchev–Trinajstić information content (AvgIpc) is 2.96. The summed E-state index contributed by atoms with van der Waals surface area (Å²) in [5.41, 5.74) is 0.825. The summed E-state index contributed by atoms with van der Waals surface area (Å²) < 4.78 is 7.44. The lowest BCUT2D eigenvalue weighted by molar-refractivity contribution is 0.0499. The summed E-state index contributed by atoms with van der Waals surface area (Å²) in [6.07, 6.45) is 5.42. The van der Waals surface area contributed by atoms with Gasteiger partial charge >= 0.3 is 0 Å². The van der Waals surface area contributed by atoms with Crippen LogP contribution in [-0.2, 0) is 4.74 Å². The zero-order chi connectivity index (χ0) is 11.0. The van der Waals surface area contributed by atoms with E-state index in [4.69, 9.17) is 4.74 Å². The van der Waals surface area contributed by atoms with Gasteiger partial charge in [-0.3, -0.25) is 0 Å². The lowest BCUT2D eigenvalue weighted by Gasteiger charge is -2.10. The van der Waals surface area contributed by atoms with Gasteiger partial charge in [0.2, 0.25) is 0 Å². The van der Waals surface area contributed by atoms with E-state index in [0.717, 1.165) is 36.3 Å². The quantitative estimate of drug-likeness (QED) is 0.821. The van der Waals surface area contributed by atoms with Crippen molar-refractivity contribution in [2.24, 2.45) is 0 Å². The van der Waals surface area contributed by atoms with Crippen LogP contribution in [0.4, 0.5) is 5.82 Å². The Hall–Kier alpha value is -1.69. The molecule has 2 aromatic heterocycles. The van der Waals surface area contributed by atoms with Crippen molar-refractivity contribution in [3.63, 3.8) is 0 Å². The van der Waals surface area contributed by atoms with E-state index in [0.29, 0.717) is 0 Å². The maximum Gasteiger partial charge on any atom is 0.165 e. The van der Waals surface area contributed by atoms with E-state index in [1.165, 1.54) is 0 Å². The first kappa shape index (κ1) is 9.53. The van der Waals surface area contributed by atoms with Gasteiger partial charge in [0.15, 0.2) is 11.9 Å². The predicted octanol–water partition coefficient (Wildman–Crippen LogP) is 1.18. The van der Waals surface area contributed by atoms with Crippen molar-refractivity contribution in [2.75, 3.05) is 19.0 Å². The van der Waals surface area contributed by atoms with Crippen molar-refractivity contribution < 1.29 is 4.74 Å². The minimum atomic E-state index is 0.0251. The third-order valence-electron chi connectivity index (χ3n) is 2.81. The standard InChI is InChI=1S/C10H13N5O/c1-11-9-7-5-14-15(8-3-2-4-16-8)10(7)13-6-12-9/h5-6,8H,2-4H2,1H3,(H,11,12,13). The molecule has 1 saturated heterocycles. The molecule has 0 aromatic carbocycles. The number of fused-ring (bicyclic) bond motifs is 1. The zero-order valence-electron chi connectivity index (χ0n) is 9.05. The lowest BCUT2D eigenvalue weighted by Crippen LogP contribution is -2.09. The molecule has 16 heavy (non-hydrogen) atoms. The summed E-state index contributed by atoms with van der Waals surface area (Å²) in [5, 5.41) is 8.29. The van der Waals surface area contributed by atoms with Crippen LogP contribution in [0.5, 0.6) is 0 Å². The summed E-state index contributed by atoms with van der Waals surface area (Å²) in [7, 11) is 1.84. The summed E-state index contributed by atoms with van der Waals surface area (Å²) in [4.78, 5) is 8.41. The molecule has 1 fully saturated rings. The third kappa shape index (κ3) is 1.34. The topological polar surface area (TPSA) is 64.9 Å². The van der Waals surface area contributed by atoms with Gasteiger partial charge in [0.1, 0.15) is 12.1 Å². The second kappa shape index (κ2) is 3.71. The first-order valence-corrected chi connectivity index (χ1v) is 5.37. The lowest BCUT2D eigenvalue weighted by atomic mass is 10.3. The van der Waals surface area contributed by atoms with E-state index in [-0.39, 0.29) is 6.23 Å². The number of hydrogen-bond acceptors (Lipinski definition) is 5. The van der Waals surface area contributed by atoms with Crippen LogP contribution in [0.25, 0.3) is 11.0 Å². The normalized spacial score (nSPS) is 20.4. The molecule has 1 unspecified atom stereocenters. The first-order chi connectivity index (χ1) is 7.90. The number of ether oxygens (including phenoxy) is 1. The maximum absolute atomic E-state index is 5.60. The maximum atomic E-state index is 5.60. The van der Waals surface area contributed by atoms with Crippen molar-refractivity contribution in [3.05, 3.63) is 12.5 Å². The van der Waals surface area contributed by atoms with Crippen LogP contribution in [0.2, 0.25) is 0 Å². The summed E-state index contributed by atoms with van der Waals surface area (Å²) >= 11 is 0. The molecule has 1 aliphatic heterocycles. The second-order valence-electron chi connectivity index (χ2n) is 3.77. The largest absolute Gasteiger partial charge is 0.372 e. The highest BCUT2D eigenvalue weighted by molar-refractivity contribution is 5.85. The Kier molecular flexibility index (Phi) is 2.21. The van der Waals surface area contributed by atoms with E-state index < -0.39 is 0 Å². The third-order valence-corrected chi connectivity index (χ3v) is 2.81. The molecule has 1 N–H and O–H groups in total. The zero-order valence-corrected chi connectivity index (χ0v) is 9.05. The van der Waals surface area contributed by atoms with Crippen LogP contribution in [0.15, 0.2) is 12.5 Å². The van der Waals surface area contributed by atoms with Crippen molar-refractivity contribution in [1.29, 1.82) is 0 Å². The fourth-order valence-electron chi connectivity index (χ4n) is 2.03. The minimum Gasteiger partial charge on any atom is -0.372 e. The van der Waals surface area contributed by atoms with Gasteiger partial charge in [-0.1, -0.05) is 0 Å². The molecule has 84 valence electrons. The number of nitrogens with zero attached hydrogens (tertiary/aromatic N) is 4. The number of rotatable bonds is 2. The Morgan fingerprint density at radius 2 is 2.44 bits per heavy atom. The van der Waals surface area contributed by atoms with Gasteiger partial charge in [0.25, 0.3) is 0 Å². The van der Waals surface area contributed by atoms with Crippen molar-refractivity contribution >= 4 is 16.9 Å². The van der Waals surface area contributed by atoms with Gasteiger partial charge in [-0.2, -0.15) is 5.10 Å². The minimum absolute atomic E-state index is 0.0251. The monoisotopic (exact) mass is 219 g/mol. The molecular weight excluding hydrogens is 206 g/mol. The SMILES string of the molecule is CNc1ncnc2c1cnn2C1CCCO1. The van der Waals surface area contributed by atoms with Gasteiger partial charge in [0.05, 0.1) is 11.6 Å². The molecule has 0 radical (unpaired) electrons. The van der Waals surface area contributed by atoms with Crippen LogP contribution in [-0.4, -0.2) is 33.4 Å². The van der Waals surface area contributed by atoms with Crippen molar-refractivity contribution in [1.82, 2.24) is 19.7 Å². The predicted molar refractivity (Wildman–Crippen MR) is 59.1 cm³/mol. The second-order valence-corrected chi connectivity index (χ2v) is 3.77. The average molecular weight is 219 g/mol. The molecule has 1 aliphatic rings. The highest BCUT2D eigenvalue weighted by atomic mass is 16.5. The Morgan fingerprint density at radius 3 is 3.19 bits per heavy atom. The van der Waals surface area contributed by atoms with Crippen molar-refractivity contribution in [3.8, 4) is 0 Å². The van der Waals surface area contributed by atoms with Gasteiger partial charge in [-0.15, -0.1) is 0 Å². The highest BCUT2D eigenvalue weighted by Gasteiger charge is 2.21. The first-order valence-electron chi connectivity index (χ1n) is 5.37. The summed E-state index contributed by atoms with van der Waals surface area (Å²) in [6.45, 7) is 0.802. The Bertz CT molecular complexity index is 503. The van der Waals surface area contributed by atoms with Gasteiger partial charge < -0.3 is 10.1 Å².